The van der Waals surface area contributed by atoms with Gasteiger partial charge in [-0.05, 0) is 124 Å². The van der Waals surface area contributed by atoms with Crippen LogP contribution in [0.3, 0.4) is 0 Å². The molecular weight excluding hydrogens is 629 g/mol. The lowest BCUT2D eigenvalue weighted by atomic mass is 9.95. The smallest absolute Gasteiger partial charge is 0.0544 e. The molecule has 246 valence electrons. The molecule has 1 aliphatic carbocycles. The Morgan fingerprint density at radius 3 is 2.00 bits per heavy atom. The van der Waals surface area contributed by atoms with Crippen LogP contribution in [0.5, 0.6) is 0 Å². The molecule has 1 aliphatic rings. The molecule has 10 rings (SSSR count). The maximum atomic E-state index is 2.45. The Labute approximate surface area is 304 Å². The van der Waals surface area contributed by atoms with Crippen molar-refractivity contribution in [2.24, 2.45) is 0 Å². The molecule has 0 amide bonds. The first kappa shape index (κ1) is 30.2. The van der Waals surface area contributed by atoms with Gasteiger partial charge in [-0.2, -0.15) is 0 Å². The van der Waals surface area contributed by atoms with Gasteiger partial charge in [-0.15, -0.1) is 0 Å². The third-order valence-electron chi connectivity index (χ3n) is 10.6. The van der Waals surface area contributed by atoms with Gasteiger partial charge in [0, 0.05) is 33.5 Å². The molecule has 8 aromatic carbocycles. The van der Waals surface area contributed by atoms with Crippen LogP contribution >= 0.6 is 0 Å². The van der Waals surface area contributed by atoms with Crippen molar-refractivity contribution in [3.63, 3.8) is 0 Å². The number of hydrogen-bond acceptors (Lipinski definition) is 1. The van der Waals surface area contributed by atoms with Crippen molar-refractivity contribution in [1.82, 2.24) is 4.57 Å². The standard InChI is InChI=1S/C50H36N2/c1-2-12-35(13-3-1)39-18-10-19-44(31-39)51(43-28-26-37(27-29-43)42-25-24-36-14-4-5-15-38(36)30-42)45-20-11-21-46(34-45)52-49-23-9-8-22-47(49)48-32-40-16-6-7-17-41(40)33-50(48)52/h1-6,8-16,18-34H,7,17H2. The van der Waals surface area contributed by atoms with E-state index in [0.29, 0.717) is 0 Å². The quantitative estimate of drug-likeness (QED) is 0.172. The predicted molar refractivity (Wildman–Crippen MR) is 221 cm³/mol. The van der Waals surface area contributed by atoms with Crippen molar-refractivity contribution >= 4 is 55.7 Å². The molecular formula is C50H36N2. The Morgan fingerprint density at radius 2 is 1.12 bits per heavy atom. The lowest BCUT2D eigenvalue weighted by Gasteiger charge is -2.27. The van der Waals surface area contributed by atoms with E-state index in [9.17, 15) is 0 Å². The highest BCUT2D eigenvalue weighted by molar-refractivity contribution is 6.10. The second-order valence-electron chi connectivity index (χ2n) is 13.7. The van der Waals surface area contributed by atoms with E-state index in [1.54, 1.807) is 0 Å². The van der Waals surface area contributed by atoms with E-state index in [4.69, 9.17) is 0 Å². The van der Waals surface area contributed by atoms with Crippen LogP contribution < -0.4 is 4.90 Å². The Balaban J connectivity index is 1.13. The second kappa shape index (κ2) is 12.6. The van der Waals surface area contributed by atoms with Crippen LogP contribution in [0, 0.1) is 0 Å². The number of para-hydroxylation sites is 1. The van der Waals surface area contributed by atoms with E-state index in [0.717, 1.165) is 35.6 Å². The van der Waals surface area contributed by atoms with Crippen LogP contribution in [0.2, 0.25) is 0 Å². The van der Waals surface area contributed by atoms with E-state index >= 15 is 0 Å². The van der Waals surface area contributed by atoms with E-state index < -0.39 is 0 Å². The maximum Gasteiger partial charge on any atom is 0.0544 e. The zero-order valence-corrected chi connectivity index (χ0v) is 28.8. The molecule has 9 aromatic rings. The number of anilines is 3. The van der Waals surface area contributed by atoms with Gasteiger partial charge < -0.3 is 9.47 Å². The maximum absolute atomic E-state index is 2.45. The average Bonchev–Trinajstić information content (AvgIpc) is 3.54. The minimum atomic E-state index is 1.07. The summed E-state index contributed by atoms with van der Waals surface area (Å²) in [4.78, 5) is 2.39. The number of nitrogens with zero attached hydrogens (tertiary/aromatic N) is 2. The number of allylic oxidation sites excluding steroid dienone is 1. The summed E-state index contributed by atoms with van der Waals surface area (Å²) in [5.74, 6) is 0. The average molecular weight is 665 g/mol. The fourth-order valence-electron chi connectivity index (χ4n) is 8.02. The number of aromatic nitrogens is 1. The molecule has 0 radical (unpaired) electrons. The van der Waals surface area contributed by atoms with Gasteiger partial charge in [0.1, 0.15) is 0 Å². The van der Waals surface area contributed by atoms with Crippen LogP contribution in [0.15, 0.2) is 188 Å². The zero-order valence-electron chi connectivity index (χ0n) is 28.8. The van der Waals surface area contributed by atoms with Gasteiger partial charge in [0.25, 0.3) is 0 Å². The molecule has 0 spiro atoms. The van der Waals surface area contributed by atoms with Gasteiger partial charge in [-0.25, -0.2) is 0 Å². The molecule has 1 aromatic heterocycles. The van der Waals surface area contributed by atoms with Crippen molar-refractivity contribution in [2.75, 3.05) is 4.90 Å². The molecule has 0 unspecified atom stereocenters. The van der Waals surface area contributed by atoms with Gasteiger partial charge in [-0.3, -0.25) is 0 Å². The van der Waals surface area contributed by atoms with Crippen molar-refractivity contribution in [3.05, 3.63) is 199 Å². The molecule has 0 N–H and O–H groups in total. The number of hydrogen-bond donors (Lipinski definition) is 0. The largest absolute Gasteiger partial charge is 0.310 e. The van der Waals surface area contributed by atoms with E-state index in [-0.39, 0.29) is 0 Å². The first-order valence-corrected chi connectivity index (χ1v) is 18.1. The molecule has 0 saturated carbocycles. The minimum Gasteiger partial charge on any atom is -0.310 e. The normalized spacial score (nSPS) is 12.4. The van der Waals surface area contributed by atoms with Crippen LogP contribution in [0.25, 0.3) is 66.6 Å². The van der Waals surface area contributed by atoms with E-state index in [2.05, 4.69) is 204 Å². The summed E-state index contributed by atoms with van der Waals surface area (Å²) < 4.78 is 2.45. The van der Waals surface area contributed by atoms with Gasteiger partial charge in [0.15, 0.2) is 0 Å². The Morgan fingerprint density at radius 1 is 0.423 bits per heavy atom. The molecule has 0 saturated heterocycles. The van der Waals surface area contributed by atoms with Gasteiger partial charge in [0.2, 0.25) is 0 Å². The number of benzene rings is 8. The zero-order chi connectivity index (χ0) is 34.4. The summed E-state index contributed by atoms with van der Waals surface area (Å²) in [5.41, 5.74) is 14.5. The Bertz CT molecular complexity index is 2790. The van der Waals surface area contributed by atoms with E-state index in [1.165, 1.54) is 66.0 Å². The third-order valence-corrected chi connectivity index (χ3v) is 10.6. The highest BCUT2D eigenvalue weighted by Crippen LogP contribution is 2.41. The van der Waals surface area contributed by atoms with Crippen LogP contribution in [0.1, 0.15) is 17.5 Å². The SMILES string of the molecule is C1=Cc2cc3c4ccccc4n(-c4cccc(N(c5ccc(-c6ccc7ccccc7c6)cc5)c5cccc(-c6ccccc6)c5)c4)c3cc2CC1. The summed E-state index contributed by atoms with van der Waals surface area (Å²) in [6, 6.07) is 66.5. The van der Waals surface area contributed by atoms with Crippen LogP contribution in [0.4, 0.5) is 17.1 Å². The molecule has 1 heterocycles. The van der Waals surface area contributed by atoms with Crippen molar-refractivity contribution in [1.29, 1.82) is 0 Å². The minimum absolute atomic E-state index is 1.07. The molecule has 0 atom stereocenters. The summed E-state index contributed by atoms with van der Waals surface area (Å²) in [5, 5.41) is 5.08. The summed E-state index contributed by atoms with van der Waals surface area (Å²) in [6.45, 7) is 0. The molecule has 2 nitrogen and oxygen atoms in total. The lowest BCUT2D eigenvalue weighted by molar-refractivity contribution is 0.986. The monoisotopic (exact) mass is 664 g/mol. The van der Waals surface area contributed by atoms with Crippen molar-refractivity contribution in [2.45, 2.75) is 12.8 Å². The van der Waals surface area contributed by atoms with Crippen LogP contribution in [-0.2, 0) is 6.42 Å². The van der Waals surface area contributed by atoms with Crippen molar-refractivity contribution in [3.8, 4) is 27.9 Å². The summed E-state index contributed by atoms with van der Waals surface area (Å²) in [6.07, 6.45) is 6.75. The first-order valence-electron chi connectivity index (χ1n) is 18.1. The topological polar surface area (TPSA) is 8.17 Å². The molecule has 0 aliphatic heterocycles. The second-order valence-corrected chi connectivity index (χ2v) is 13.7. The van der Waals surface area contributed by atoms with Gasteiger partial charge >= 0.3 is 0 Å². The number of fused-ring (bicyclic) bond motifs is 5. The van der Waals surface area contributed by atoms with E-state index in [1.807, 2.05) is 0 Å². The Kier molecular flexibility index (Phi) is 7.32. The fraction of sp³-hybridized carbons (Fsp3) is 0.0400. The predicted octanol–water partition coefficient (Wildman–Crippen LogP) is 13.7. The first-order chi connectivity index (χ1) is 25.8. The molecule has 2 heteroatoms. The number of aryl methyl sites for hydroxylation is 1. The summed E-state index contributed by atoms with van der Waals surface area (Å²) in [7, 11) is 0. The molecule has 52 heavy (non-hydrogen) atoms. The highest BCUT2D eigenvalue weighted by Gasteiger charge is 2.19. The van der Waals surface area contributed by atoms with Crippen LogP contribution in [-0.4, -0.2) is 4.57 Å². The molecule has 0 fully saturated rings. The lowest BCUT2D eigenvalue weighted by Crippen LogP contribution is -2.10. The number of rotatable bonds is 6. The third kappa shape index (κ3) is 5.28. The highest BCUT2D eigenvalue weighted by atomic mass is 15.1. The van der Waals surface area contributed by atoms with Gasteiger partial charge in [0.05, 0.1) is 11.0 Å². The molecule has 0 bridgehead atoms. The van der Waals surface area contributed by atoms with Crippen molar-refractivity contribution < 1.29 is 0 Å². The summed E-state index contributed by atoms with van der Waals surface area (Å²) >= 11 is 0. The van der Waals surface area contributed by atoms with Gasteiger partial charge in [-0.1, -0.05) is 127 Å². The Hall–Kier alpha value is -6.64. The fourth-order valence-corrected chi connectivity index (χ4v) is 8.02.